The molecule has 0 atom stereocenters. The minimum absolute atomic E-state index is 0.0707. The first-order chi connectivity index (χ1) is 13.7. The molecule has 0 saturated heterocycles. The average Bonchev–Trinajstić information content (AvgIpc) is 3.33. The fraction of sp³-hybridized carbons (Fsp3) is 0.150. The Balaban J connectivity index is 1.62. The number of benzene rings is 2. The van der Waals surface area contributed by atoms with Gasteiger partial charge in [-0.1, -0.05) is 36.4 Å². The van der Waals surface area contributed by atoms with Crippen molar-refractivity contribution in [3.63, 3.8) is 0 Å². The summed E-state index contributed by atoms with van der Waals surface area (Å²) in [7, 11) is 0. The standard InChI is InChI=1S/C20H17N5O3/c26-7-8-28-12-24-11-21-17-18(24)23-20-22-16(10-25(20)19(17)27)15-6-5-13-3-1-2-4-14(13)9-15/h1-6,9-11,26H,7-8,12H2,(H,22,23). The van der Waals surface area contributed by atoms with E-state index in [0.717, 1.165) is 22.0 Å². The van der Waals surface area contributed by atoms with Crippen molar-refractivity contribution in [1.82, 2.24) is 23.9 Å². The van der Waals surface area contributed by atoms with Gasteiger partial charge >= 0.3 is 0 Å². The van der Waals surface area contributed by atoms with E-state index in [0.29, 0.717) is 11.4 Å². The zero-order chi connectivity index (χ0) is 19.1. The molecule has 3 aromatic heterocycles. The van der Waals surface area contributed by atoms with E-state index in [9.17, 15) is 4.79 Å². The fourth-order valence-corrected chi connectivity index (χ4v) is 3.32. The number of aliphatic hydroxyl groups is 1. The second kappa shape index (κ2) is 6.59. The molecule has 5 rings (SSSR count). The second-order valence-electron chi connectivity index (χ2n) is 6.49. The molecule has 0 saturated carbocycles. The van der Waals surface area contributed by atoms with Crippen LogP contribution < -0.4 is 5.56 Å². The van der Waals surface area contributed by atoms with Crippen molar-refractivity contribution in [3.05, 3.63) is 65.3 Å². The van der Waals surface area contributed by atoms with Gasteiger partial charge in [-0.15, -0.1) is 0 Å². The number of aromatic nitrogens is 5. The molecule has 2 N–H and O–H groups in total. The Hall–Kier alpha value is -3.49. The number of H-pyrrole nitrogens is 1. The second-order valence-corrected chi connectivity index (χ2v) is 6.49. The van der Waals surface area contributed by atoms with Gasteiger partial charge in [0.2, 0.25) is 5.78 Å². The predicted octanol–water partition coefficient (Wildman–Crippen LogP) is 2.16. The summed E-state index contributed by atoms with van der Waals surface area (Å²) in [5, 5.41) is 11.1. The highest BCUT2D eigenvalue weighted by Crippen LogP contribution is 2.24. The molecular formula is C20H17N5O3. The van der Waals surface area contributed by atoms with Crippen LogP contribution in [-0.4, -0.2) is 42.2 Å². The van der Waals surface area contributed by atoms with Crippen molar-refractivity contribution in [2.24, 2.45) is 0 Å². The minimum atomic E-state index is -0.246. The van der Waals surface area contributed by atoms with Gasteiger partial charge in [0.25, 0.3) is 5.56 Å². The van der Waals surface area contributed by atoms with Crippen LogP contribution in [0.25, 0.3) is 39.0 Å². The molecule has 0 aliphatic carbocycles. The maximum atomic E-state index is 12.8. The van der Waals surface area contributed by atoms with Crippen molar-refractivity contribution in [1.29, 1.82) is 0 Å². The summed E-state index contributed by atoms with van der Waals surface area (Å²) in [6.45, 7) is 0.298. The number of hydrogen-bond acceptors (Lipinski definition) is 5. The van der Waals surface area contributed by atoms with Gasteiger partial charge in [0.15, 0.2) is 11.2 Å². The van der Waals surface area contributed by atoms with E-state index in [2.05, 4.69) is 39.2 Å². The maximum absolute atomic E-state index is 12.8. The van der Waals surface area contributed by atoms with Crippen LogP contribution in [0, 0.1) is 0 Å². The molecule has 8 heteroatoms. The topological polar surface area (TPSA) is 97.4 Å². The predicted molar refractivity (Wildman–Crippen MR) is 105 cm³/mol. The van der Waals surface area contributed by atoms with Crippen LogP contribution in [0.5, 0.6) is 0 Å². The Labute approximate surface area is 158 Å². The van der Waals surface area contributed by atoms with E-state index in [1.165, 1.54) is 10.7 Å². The van der Waals surface area contributed by atoms with Crippen molar-refractivity contribution >= 4 is 27.7 Å². The lowest BCUT2D eigenvalue weighted by Gasteiger charge is -2.03. The molecule has 0 spiro atoms. The summed E-state index contributed by atoms with van der Waals surface area (Å²) >= 11 is 0. The summed E-state index contributed by atoms with van der Waals surface area (Å²) < 4.78 is 8.43. The molecule has 140 valence electrons. The molecule has 28 heavy (non-hydrogen) atoms. The van der Waals surface area contributed by atoms with Crippen LogP contribution >= 0.6 is 0 Å². The number of ether oxygens (including phenoxy) is 1. The molecule has 0 radical (unpaired) electrons. The molecule has 3 heterocycles. The van der Waals surface area contributed by atoms with Gasteiger partial charge < -0.3 is 14.8 Å². The highest BCUT2D eigenvalue weighted by Gasteiger charge is 2.14. The number of nitrogens with one attached hydrogen (secondary N) is 1. The van der Waals surface area contributed by atoms with Crippen LogP contribution in [-0.2, 0) is 11.5 Å². The normalized spacial score (nSPS) is 11.8. The van der Waals surface area contributed by atoms with Gasteiger partial charge in [-0.25, -0.2) is 9.38 Å². The van der Waals surface area contributed by atoms with Gasteiger partial charge in [0.1, 0.15) is 6.73 Å². The van der Waals surface area contributed by atoms with E-state index in [-0.39, 0.29) is 31.0 Å². The fourth-order valence-electron chi connectivity index (χ4n) is 3.32. The van der Waals surface area contributed by atoms with E-state index in [4.69, 9.17) is 9.84 Å². The first kappa shape index (κ1) is 16.7. The monoisotopic (exact) mass is 375 g/mol. The third-order valence-corrected chi connectivity index (χ3v) is 4.70. The van der Waals surface area contributed by atoms with Gasteiger partial charge in [-0.2, -0.15) is 4.98 Å². The van der Waals surface area contributed by atoms with Crippen molar-refractivity contribution in [2.75, 3.05) is 13.2 Å². The number of nitrogens with zero attached hydrogens (tertiary/aromatic N) is 4. The SMILES string of the molecule is O=c1c2ncn(COCCO)c2nc2[nH]c(-c3ccc4ccccc4c3)cn12. The third kappa shape index (κ3) is 2.67. The highest BCUT2D eigenvalue weighted by atomic mass is 16.5. The molecule has 0 unspecified atom stereocenters. The highest BCUT2D eigenvalue weighted by molar-refractivity contribution is 5.87. The molecule has 8 nitrogen and oxygen atoms in total. The Bertz CT molecular complexity index is 1370. The van der Waals surface area contributed by atoms with Crippen LogP contribution in [0.15, 0.2) is 59.8 Å². The molecule has 0 aliphatic heterocycles. The molecule has 0 fully saturated rings. The average molecular weight is 375 g/mol. The summed E-state index contributed by atoms with van der Waals surface area (Å²) in [5.74, 6) is 0.435. The van der Waals surface area contributed by atoms with Crippen molar-refractivity contribution in [3.8, 4) is 11.3 Å². The van der Waals surface area contributed by atoms with Crippen LogP contribution in [0.1, 0.15) is 0 Å². The molecule has 0 amide bonds. The van der Waals surface area contributed by atoms with Gasteiger partial charge in [0, 0.05) is 11.8 Å². The molecule has 0 aliphatic rings. The maximum Gasteiger partial charge on any atom is 0.287 e. The third-order valence-electron chi connectivity index (χ3n) is 4.70. The van der Waals surface area contributed by atoms with E-state index < -0.39 is 0 Å². The minimum Gasteiger partial charge on any atom is -0.394 e. The van der Waals surface area contributed by atoms with Gasteiger partial charge in [0.05, 0.1) is 25.2 Å². The van der Waals surface area contributed by atoms with Crippen molar-refractivity contribution < 1.29 is 9.84 Å². The van der Waals surface area contributed by atoms with Gasteiger partial charge in [-0.3, -0.25) is 9.36 Å². The number of rotatable bonds is 5. The molecule has 2 aromatic carbocycles. The molecule has 5 aromatic rings. The summed E-state index contributed by atoms with van der Waals surface area (Å²) in [6.07, 6.45) is 3.26. The lowest BCUT2D eigenvalue weighted by molar-refractivity contribution is 0.0499. The van der Waals surface area contributed by atoms with Crippen molar-refractivity contribution in [2.45, 2.75) is 6.73 Å². The molecule has 0 bridgehead atoms. The van der Waals surface area contributed by atoms with E-state index >= 15 is 0 Å². The van der Waals surface area contributed by atoms with Crippen LogP contribution in [0.3, 0.4) is 0 Å². The first-order valence-electron chi connectivity index (χ1n) is 8.88. The smallest absolute Gasteiger partial charge is 0.287 e. The van der Waals surface area contributed by atoms with Crippen LogP contribution in [0.2, 0.25) is 0 Å². The number of aromatic amines is 1. The van der Waals surface area contributed by atoms with E-state index in [1.807, 2.05) is 18.2 Å². The first-order valence-corrected chi connectivity index (χ1v) is 8.88. The zero-order valence-electron chi connectivity index (χ0n) is 14.9. The number of fused-ring (bicyclic) bond motifs is 3. The zero-order valence-corrected chi connectivity index (χ0v) is 14.9. The Morgan fingerprint density at radius 3 is 2.86 bits per heavy atom. The van der Waals surface area contributed by atoms with Crippen LogP contribution in [0.4, 0.5) is 0 Å². The Morgan fingerprint density at radius 1 is 1.14 bits per heavy atom. The molecular weight excluding hydrogens is 358 g/mol. The summed E-state index contributed by atoms with van der Waals surface area (Å²) in [4.78, 5) is 24.8. The number of hydrogen-bond donors (Lipinski definition) is 2. The lowest BCUT2D eigenvalue weighted by Crippen LogP contribution is -2.14. The summed E-state index contributed by atoms with van der Waals surface area (Å²) in [5.41, 5.74) is 2.23. The largest absolute Gasteiger partial charge is 0.394 e. The van der Waals surface area contributed by atoms with Gasteiger partial charge in [-0.05, 0) is 16.8 Å². The quantitative estimate of drug-likeness (QED) is 0.459. The van der Waals surface area contributed by atoms with E-state index in [1.54, 1.807) is 10.8 Å². The Morgan fingerprint density at radius 2 is 2.00 bits per heavy atom. The Kier molecular flexibility index (Phi) is 3.92. The number of imidazole rings is 2. The number of aliphatic hydroxyl groups excluding tert-OH is 1. The lowest BCUT2D eigenvalue weighted by atomic mass is 10.1. The summed E-state index contributed by atoms with van der Waals surface area (Å²) in [6, 6.07) is 14.3.